The Morgan fingerprint density at radius 3 is 2.48 bits per heavy atom. The van der Waals surface area contributed by atoms with E-state index in [0.717, 1.165) is 24.3 Å². The number of rotatable bonds is 7. The lowest BCUT2D eigenvalue weighted by molar-refractivity contribution is -0.114. The van der Waals surface area contributed by atoms with Crippen LogP contribution in [-0.4, -0.2) is 22.0 Å². The minimum absolute atomic E-state index is 0.147. The van der Waals surface area contributed by atoms with Crippen molar-refractivity contribution in [1.29, 1.82) is 0 Å². The number of carbonyl (C=O) groups excluding carboxylic acids is 2. The van der Waals surface area contributed by atoms with Crippen molar-refractivity contribution >= 4 is 34.0 Å². The van der Waals surface area contributed by atoms with Crippen LogP contribution < -0.4 is 10.6 Å². The van der Waals surface area contributed by atoms with E-state index >= 15 is 0 Å². The van der Waals surface area contributed by atoms with E-state index in [0.29, 0.717) is 16.4 Å². The molecule has 0 aliphatic rings. The minimum Gasteiger partial charge on any atom is -0.326 e. The molecule has 0 atom stereocenters. The molecule has 0 saturated heterocycles. The summed E-state index contributed by atoms with van der Waals surface area (Å²) in [4.78, 5) is 23.1. The molecule has 2 rings (SSSR count). The van der Waals surface area contributed by atoms with E-state index in [1.165, 1.54) is 24.7 Å². The van der Waals surface area contributed by atoms with Crippen molar-refractivity contribution in [2.75, 3.05) is 10.6 Å². The molecule has 0 bridgehead atoms. The zero-order valence-electron chi connectivity index (χ0n) is 13.3. The second-order valence-electron chi connectivity index (χ2n) is 5.17. The fraction of sp³-hybridized carbons (Fsp3) is 0.375. The third kappa shape index (κ3) is 5.45. The standard InChI is InChI=1S/C16H20N4O2S/c1-3-4-5-6-14-19-20-16(23-14)18-15(22)12-7-9-13(10-8-12)17-11(2)21/h7-10H,3-6H2,1-2H3,(H,17,21)(H,18,20,22). The molecule has 0 aliphatic carbocycles. The molecule has 1 aromatic carbocycles. The molecule has 6 nitrogen and oxygen atoms in total. The fourth-order valence-electron chi connectivity index (χ4n) is 2.01. The van der Waals surface area contributed by atoms with Gasteiger partial charge < -0.3 is 5.32 Å². The van der Waals surface area contributed by atoms with Gasteiger partial charge in [0.1, 0.15) is 5.01 Å². The second kappa shape index (κ2) is 8.38. The zero-order valence-corrected chi connectivity index (χ0v) is 14.1. The molecule has 0 saturated carbocycles. The van der Waals surface area contributed by atoms with E-state index in [1.54, 1.807) is 24.3 Å². The Labute approximate surface area is 139 Å². The van der Waals surface area contributed by atoms with Crippen LogP contribution in [0.2, 0.25) is 0 Å². The monoisotopic (exact) mass is 332 g/mol. The third-order valence-corrected chi connectivity index (χ3v) is 4.05. The molecule has 0 fully saturated rings. The summed E-state index contributed by atoms with van der Waals surface area (Å²) in [5, 5.41) is 14.9. The summed E-state index contributed by atoms with van der Waals surface area (Å²) in [6, 6.07) is 6.69. The van der Waals surface area contributed by atoms with Gasteiger partial charge in [0, 0.05) is 24.6 Å². The summed E-state index contributed by atoms with van der Waals surface area (Å²) >= 11 is 1.41. The minimum atomic E-state index is -0.240. The Hall–Kier alpha value is -2.28. The van der Waals surface area contributed by atoms with Crippen LogP contribution in [0, 0.1) is 0 Å². The molecule has 1 heterocycles. The number of anilines is 2. The summed E-state index contributed by atoms with van der Waals surface area (Å²) in [6.07, 6.45) is 4.31. The van der Waals surface area contributed by atoms with E-state index in [-0.39, 0.29) is 11.8 Å². The highest BCUT2D eigenvalue weighted by molar-refractivity contribution is 7.15. The highest BCUT2D eigenvalue weighted by Gasteiger charge is 2.10. The molecule has 0 spiro atoms. The summed E-state index contributed by atoms with van der Waals surface area (Å²) in [7, 11) is 0. The van der Waals surface area contributed by atoms with Gasteiger partial charge in [-0.25, -0.2) is 0 Å². The Bertz CT molecular complexity index is 667. The first-order valence-electron chi connectivity index (χ1n) is 7.60. The molecule has 0 aliphatic heterocycles. The number of hydrogen-bond acceptors (Lipinski definition) is 5. The normalized spacial score (nSPS) is 10.3. The van der Waals surface area contributed by atoms with Gasteiger partial charge in [-0.1, -0.05) is 31.1 Å². The van der Waals surface area contributed by atoms with Crippen LogP contribution in [0.3, 0.4) is 0 Å². The van der Waals surface area contributed by atoms with Crippen molar-refractivity contribution in [2.45, 2.75) is 39.5 Å². The van der Waals surface area contributed by atoms with Crippen LogP contribution >= 0.6 is 11.3 Å². The van der Waals surface area contributed by atoms with Crippen molar-refractivity contribution in [2.24, 2.45) is 0 Å². The predicted molar refractivity (Wildman–Crippen MR) is 91.8 cm³/mol. The quantitative estimate of drug-likeness (QED) is 0.760. The average Bonchev–Trinajstić information content (AvgIpc) is 2.95. The van der Waals surface area contributed by atoms with Gasteiger partial charge in [0.15, 0.2) is 0 Å². The molecular weight excluding hydrogens is 312 g/mol. The summed E-state index contributed by atoms with van der Waals surface area (Å²) in [6.45, 7) is 3.59. The van der Waals surface area contributed by atoms with Gasteiger partial charge in [0.25, 0.3) is 5.91 Å². The number of aromatic nitrogens is 2. The van der Waals surface area contributed by atoms with Crippen molar-refractivity contribution in [1.82, 2.24) is 10.2 Å². The second-order valence-corrected chi connectivity index (χ2v) is 6.23. The Morgan fingerprint density at radius 2 is 1.83 bits per heavy atom. The van der Waals surface area contributed by atoms with Gasteiger partial charge in [-0.2, -0.15) is 0 Å². The predicted octanol–water partition coefficient (Wildman–Crippen LogP) is 3.48. The lowest BCUT2D eigenvalue weighted by Gasteiger charge is -2.04. The van der Waals surface area contributed by atoms with Gasteiger partial charge in [0.2, 0.25) is 11.0 Å². The lowest BCUT2D eigenvalue weighted by Crippen LogP contribution is -2.12. The van der Waals surface area contributed by atoms with E-state index in [2.05, 4.69) is 27.8 Å². The molecule has 1 aromatic heterocycles. The Morgan fingerprint density at radius 1 is 1.09 bits per heavy atom. The van der Waals surface area contributed by atoms with Crippen molar-refractivity contribution < 1.29 is 9.59 Å². The number of hydrogen-bond donors (Lipinski definition) is 2. The highest BCUT2D eigenvalue weighted by Crippen LogP contribution is 2.19. The topological polar surface area (TPSA) is 84.0 Å². The van der Waals surface area contributed by atoms with Crippen LogP contribution in [0.25, 0.3) is 0 Å². The SMILES string of the molecule is CCCCCc1nnc(NC(=O)c2ccc(NC(C)=O)cc2)s1. The molecule has 2 N–H and O–H groups in total. The fourth-order valence-corrected chi connectivity index (χ4v) is 2.79. The van der Waals surface area contributed by atoms with Gasteiger partial charge in [0.05, 0.1) is 0 Å². The van der Waals surface area contributed by atoms with E-state index in [1.807, 2.05) is 0 Å². The van der Waals surface area contributed by atoms with Crippen LogP contribution in [-0.2, 0) is 11.2 Å². The van der Waals surface area contributed by atoms with Gasteiger partial charge in [-0.3, -0.25) is 14.9 Å². The van der Waals surface area contributed by atoms with Gasteiger partial charge in [-0.05, 0) is 30.7 Å². The average molecular weight is 332 g/mol. The molecule has 2 aromatic rings. The molecule has 0 radical (unpaired) electrons. The maximum absolute atomic E-state index is 12.2. The molecule has 2 amide bonds. The molecule has 122 valence electrons. The van der Waals surface area contributed by atoms with Crippen LogP contribution in [0.5, 0.6) is 0 Å². The summed E-state index contributed by atoms with van der Waals surface area (Å²) in [5.74, 6) is -0.387. The largest absolute Gasteiger partial charge is 0.326 e. The molecule has 23 heavy (non-hydrogen) atoms. The summed E-state index contributed by atoms with van der Waals surface area (Å²) < 4.78 is 0. The number of benzene rings is 1. The third-order valence-electron chi connectivity index (χ3n) is 3.15. The van der Waals surface area contributed by atoms with Crippen molar-refractivity contribution in [3.05, 3.63) is 34.8 Å². The first-order valence-corrected chi connectivity index (χ1v) is 8.41. The number of unbranched alkanes of at least 4 members (excludes halogenated alkanes) is 2. The van der Waals surface area contributed by atoms with Gasteiger partial charge in [-0.15, -0.1) is 10.2 Å². The number of aryl methyl sites for hydroxylation is 1. The number of nitrogens with zero attached hydrogens (tertiary/aromatic N) is 2. The van der Waals surface area contributed by atoms with Crippen LogP contribution in [0.15, 0.2) is 24.3 Å². The van der Waals surface area contributed by atoms with E-state index in [4.69, 9.17) is 0 Å². The first-order chi connectivity index (χ1) is 11.1. The Balaban J connectivity index is 1.92. The highest BCUT2D eigenvalue weighted by atomic mass is 32.1. The van der Waals surface area contributed by atoms with Gasteiger partial charge >= 0.3 is 0 Å². The number of nitrogens with one attached hydrogen (secondary N) is 2. The maximum atomic E-state index is 12.2. The summed E-state index contributed by atoms with van der Waals surface area (Å²) in [5.41, 5.74) is 1.16. The first kappa shape index (κ1) is 17.1. The number of amides is 2. The lowest BCUT2D eigenvalue weighted by atomic mass is 10.2. The zero-order chi connectivity index (χ0) is 16.7. The molecule has 0 unspecified atom stereocenters. The Kier molecular flexibility index (Phi) is 6.22. The van der Waals surface area contributed by atoms with Crippen molar-refractivity contribution in [3.8, 4) is 0 Å². The van der Waals surface area contributed by atoms with Crippen molar-refractivity contribution in [3.63, 3.8) is 0 Å². The molecular formula is C16H20N4O2S. The maximum Gasteiger partial charge on any atom is 0.257 e. The molecule has 7 heteroatoms. The van der Waals surface area contributed by atoms with Crippen LogP contribution in [0.4, 0.5) is 10.8 Å². The van der Waals surface area contributed by atoms with E-state index < -0.39 is 0 Å². The van der Waals surface area contributed by atoms with E-state index in [9.17, 15) is 9.59 Å². The number of carbonyl (C=O) groups is 2. The van der Waals surface area contributed by atoms with Crippen LogP contribution in [0.1, 0.15) is 48.5 Å². The smallest absolute Gasteiger partial charge is 0.257 e.